The lowest BCUT2D eigenvalue weighted by molar-refractivity contribution is -0.133. The number of amides is 3. The molecule has 3 rings (SSSR count). The van der Waals surface area contributed by atoms with Crippen LogP contribution in [0, 0.1) is 0 Å². The molecule has 0 saturated carbocycles. The first kappa shape index (κ1) is 18.2. The Hall–Kier alpha value is -2.58. The Morgan fingerprint density at radius 1 is 1.12 bits per heavy atom. The lowest BCUT2D eigenvalue weighted by Crippen LogP contribution is -2.37. The van der Waals surface area contributed by atoms with Gasteiger partial charge in [-0.2, -0.15) is 0 Å². The molecule has 0 radical (unpaired) electrons. The first-order valence-corrected chi connectivity index (χ1v) is 9.79. The molecule has 6 nitrogen and oxygen atoms in total. The normalized spacial score (nSPS) is 11.8. The summed E-state index contributed by atoms with van der Waals surface area (Å²) in [4.78, 5) is 28.0. The summed E-state index contributed by atoms with van der Waals surface area (Å²) in [5.74, 6) is 0.632. The van der Waals surface area contributed by atoms with Gasteiger partial charge < -0.3 is 20.4 Å². The summed E-state index contributed by atoms with van der Waals surface area (Å²) in [6, 6.07) is 10.3. The Kier molecular flexibility index (Phi) is 6.08. The van der Waals surface area contributed by atoms with Crippen LogP contribution in [-0.4, -0.2) is 16.8 Å². The van der Waals surface area contributed by atoms with Crippen molar-refractivity contribution < 1.29 is 14.0 Å². The minimum atomic E-state index is -0.646. The lowest BCUT2D eigenvalue weighted by atomic mass is 10.1. The van der Waals surface area contributed by atoms with E-state index in [9.17, 15) is 9.59 Å². The molecule has 8 heteroatoms. The van der Waals surface area contributed by atoms with Crippen molar-refractivity contribution >= 4 is 34.6 Å². The van der Waals surface area contributed by atoms with Gasteiger partial charge in [0.15, 0.2) is 0 Å². The molecule has 0 aliphatic heterocycles. The zero-order valence-electron chi connectivity index (χ0n) is 14.0. The van der Waals surface area contributed by atoms with E-state index < -0.39 is 12.1 Å². The number of primary amides is 1. The molecule has 0 saturated heterocycles. The molecule has 1 unspecified atom stereocenters. The molecular weight excluding hydrogens is 370 g/mol. The van der Waals surface area contributed by atoms with Gasteiger partial charge in [-0.25, -0.2) is 4.79 Å². The molecule has 0 spiro atoms. The molecule has 26 heavy (non-hydrogen) atoms. The van der Waals surface area contributed by atoms with Crippen molar-refractivity contribution in [3.63, 3.8) is 0 Å². The second-order valence-electron chi connectivity index (χ2n) is 5.69. The van der Waals surface area contributed by atoms with Gasteiger partial charge in [0, 0.05) is 9.75 Å². The zero-order valence-corrected chi connectivity index (χ0v) is 15.6. The topological polar surface area (TPSA) is 88.6 Å². The van der Waals surface area contributed by atoms with Gasteiger partial charge in [0.25, 0.3) is 0 Å². The molecule has 3 aromatic rings. The third kappa shape index (κ3) is 4.96. The molecule has 1 atom stereocenters. The monoisotopic (exact) mass is 389 g/mol. The number of nitrogens with one attached hydrogen (secondary N) is 1. The van der Waals surface area contributed by atoms with E-state index in [1.807, 2.05) is 41.1 Å². The number of nitrogens with zero attached hydrogens (tertiary/aromatic N) is 1. The van der Waals surface area contributed by atoms with Crippen molar-refractivity contribution in [1.29, 1.82) is 0 Å². The van der Waals surface area contributed by atoms with E-state index in [0.717, 1.165) is 9.75 Å². The first-order valence-electron chi connectivity index (χ1n) is 8.03. The van der Waals surface area contributed by atoms with E-state index in [4.69, 9.17) is 10.2 Å². The molecular formula is C18H19N3O3S2. The van der Waals surface area contributed by atoms with Crippen molar-refractivity contribution in [3.05, 3.63) is 68.9 Å². The van der Waals surface area contributed by atoms with E-state index in [2.05, 4.69) is 5.32 Å². The number of urea groups is 1. The Morgan fingerprint density at radius 2 is 1.92 bits per heavy atom. The van der Waals surface area contributed by atoms with E-state index >= 15 is 0 Å². The summed E-state index contributed by atoms with van der Waals surface area (Å²) in [6.45, 7) is 0.863. The van der Waals surface area contributed by atoms with Crippen molar-refractivity contribution in [1.82, 2.24) is 10.2 Å². The van der Waals surface area contributed by atoms with Crippen LogP contribution in [0.15, 0.2) is 57.8 Å². The zero-order chi connectivity index (χ0) is 18.4. The summed E-state index contributed by atoms with van der Waals surface area (Å²) in [7, 11) is 0. The van der Waals surface area contributed by atoms with E-state index in [1.54, 1.807) is 28.6 Å². The summed E-state index contributed by atoms with van der Waals surface area (Å²) in [5, 5.41) is 6.55. The van der Waals surface area contributed by atoms with Gasteiger partial charge in [0.05, 0.1) is 31.8 Å². The van der Waals surface area contributed by atoms with Gasteiger partial charge in [0.1, 0.15) is 5.76 Å². The predicted molar refractivity (Wildman–Crippen MR) is 102 cm³/mol. The molecule has 3 heterocycles. The second-order valence-corrected chi connectivity index (χ2v) is 7.70. The number of thiophene rings is 2. The lowest BCUT2D eigenvalue weighted by Gasteiger charge is -2.24. The Labute approximate surface area is 159 Å². The third-order valence-corrected chi connectivity index (χ3v) is 5.64. The fraction of sp³-hybridized carbons (Fsp3) is 0.222. The molecule has 3 N–H and O–H groups in total. The summed E-state index contributed by atoms with van der Waals surface area (Å²) < 4.78 is 5.40. The van der Waals surface area contributed by atoms with Gasteiger partial charge in [-0.15, -0.1) is 22.7 Å². The van der Waals surface area contributed by atoms with Gasteiger partial charge in [-0.1, -0.05) is 12.1 Å². The predicted octanol–water partition coefficient (Wildman–Crippen LogP) is 3.73. The Morgan fingerprint density at radius 3 is 2.54 bits per heavy atom. The van der Waals surface area contributed by atoms with Crippen molar-refractivity contribution in [2.45, 2.75) is 25.6 Å². The number of nitrogens with two attached hydrogens (primary N) is 1. The Balaban J connectivity index is 1.75. The maximum Gasteiger partial charge on any atom is 0.312 e. The van der Waals surface area contributed by atoms with Gasteiger partial charge >= 0.3 is 6.03 Å². The maximum absolute atomic E-state index is 13.0. The minimum absolute atomic E-state index is 0.0815. The Bertz CT molecular complexity index is 778. The standard InChI is InChI=1S/C18H19N3O3S2/c19-18(23)20-15(16-6-3-9-26-16)10-17(22)21(11-13-4-1-7-24-13)12-14-5-2-8-25-14/h1-9,15H,10-12H2,(H3,19,20,23). The summed E-state index contributed by atoms with van der Waals surface area (Å²) in [6.07, 6.45) is 1.72. The van der Waals surface area contributed by atoms with E-state index in [-0.39, 0.29) is 12.3 Å². The smallest absolute Gasteiger partial charge is 0.312 e. The fourth-order valence-corrected chi connectivity index (χ4v) is 4.10. The number of carbonyl (C=O) groups excluding carboxylic acids is 2. The summed E-state index contributed by atoms with van der Waals surface area (Å²) >= 11 is 3.08. The van der Waals surface area contributed by atoms with Crippen LogP contribution in [0.25, 0.3) is 0 Å². The van der Waals surface area contributed by atoms with Crippen LogP contribution in [-0.2, 0) is 17.9 Å². The molecule has 3 aromatic heterocycles. The van der Waals surface area contributed by atoms with Crippen LogP contribution in [0.3, 0.4) is 0 Å². The maximum atomic E-state index is 13.0. The van der Waals surface area contributed by atoms with E-state index in [0.29, 0.717) is 18.8 Å². The van der Waals surface area contributed by atoms with Crippen LogP contribution in [0.4, 0.5) is 4.79 Å². The molecule has 0 fully saturated rings. The number of hydrogen-bond donors (Lipinski definition) is 2. The van der Waals surface area contributed by atoms with E-state index in [1.165, 1.54) is 11.3 Å². The van der Waals surface area contributed by atoms with Crippen LogP contribution in [0.1, 0.15) is 28.0 Å². The number of carbonyl (C=O) groups is 2. The average Bonchev–Trinajstić information content (AvgIpc) is 3.36. The first-order chi connectivity index (χ1) is 12.6. The van der Waals surface area contributed by atoms with Crippen LogP contribution in [0.5, 0.6) is 0 Å². The third-order valence-electron chi connectivity index (χ3n) is 3.79. The number of hydrogen-bond acceptors (Lipinski definition) is 5. The molecule has 0 aliphatic carbocycles. The second kappa shape index (κ2) is 8.68. The highest BCUT2D eigenvalue weighted by atomic mass is 32.1. The summed E-state index contributed by atoms with van der Waals surface area (Å²) in [5.41, 5.74) is 5.29. The highest BCUT2D eigenvalue weighted by molar-refractivity contribution is 7.10. The number of rotatable bonds is 8. The quantitative estimate of drug-likeness (QED) is 0.615. The van der Waals surface area contributed by atoms with Crippen LogP contribution < -0.4 is 11.1 Å². The molecule has 3 amide bonds. The molecule has 0 aliphatic rings. The van der Waals surface area contributed by atoms with Crippen molar-refractivity contribution in [3.8, 4) is 0 Å². The van der Waals surface area contributed by atoms with Crippen LogP contribution >= 0.6 is 22.7 Å². The largest absolute Gasteiger partial charge is 0.467 e. The highest BCUT2D eigenvalue weighted by Crippen LogP contribution is 2.24. The number of furan rings is 1. The van der Waals surface area contributed by atoms with Gasteiger partial charge in [-0.3, -0.25) is 4.79 Å². The average molecular weight is 390 g/mol. The minimum Gasteiger partial charge on any atom is -0.467 e. The fourth-order valence-electron chi connectivity index (χ4n) is 2.60. The SMILES string of the molecule is NC(=O)NC(CC(=O)N(Cc1ccco1)Cc1cccs1)c1cccs1. The van der Waals surface area contributed by atoms with Crippen molar-refractivity contribution in [2.75, 3.05) is 0 Å². The van der Waals surface area contributed by atoms with Gasteiger partial charge in [0.2, 0.25) is 5.91 Å². The molecule has 0 aromatic carbocycles. The van der Waals surface area contributed by atoms with Crippen molar-refractivity contribution in [2.24, 2.45) is 5.73 Å². The molecule has 136 valence electrons. The highest BCUT2D eigenvalue weighted by Gasteiger charge is 2.23. The van der Waals surface area contributed by atoms with Crippen LogP contribution in [0.2, 0.25) is 0 Å². The molecule has 0 bridgehead atoms. The van der Waals surface area contributed by atoms with Gasteiger partial charge in [-0.05, 0) is 35.0 Å².